The molecule has 80 valence electrons. The lowest BCUT2D eigenvalue weighted by atomic mass is 10.1. The minimum Gasteiger partial charge on any atom is -0.303 e. The van der Waals surface area contributed by atoms with Crippen molar-refractivity contribution in [2.24, 2.45) is 0 Å². The van der Waals surface area contributed by atoms with Crippen LogP contribution in [0, 0.1) is 12.3 Å². The van der Waals surface area contributed by atoms with E-state index >= 15 is 0 Å². The van der Waals surface area contributed by atoms with Crippen molar-refractivity contribution >= 4 is 0 Å². The van der Waals surface area contributed by atoms with Crippen molar-refractivity contribution in [1.82, 2.24) is 10.3 Å². The van der Waals surface area contributed by atoms with Gasteiger partial charge in [-0.05, 0) is 18.6 Å². The van der Waals surface area contributed by atoms with Crippen LogP contribution in [0.2, 0.25) is 0 Å². The first-order chi connectivity index (χ1) is 7.36. The molecule has 2 nitrogen and oxygen atoms in total. The maximum atomic E-state index is 5.41. The van der Waals surface area contributed by atoms with Gasteiger partial charge in [-0.1, -0.05) is 25.3 Å². The molecule has 0 aliphatic carbocycles. The highest BCUT2D eigenvalue weighted by atomic mass is 14.9. The molecule has 0 aliphatic heterocycles. The zero-order valence-corrected chi connectivity index (χ0v) is 9.24. The molecule has 1 heterocycles. The predicted molar refractivity (Wildman–Crippen MR) is 63.5 cm³/mol. The molecule has 0 saturated carbocycles. The quantitative estimate of drug-likeness (QED) is 0.714. The number of pyridine rings is 1. The second-order valence-corrected chi connectivity index (χ2v) is 3.53. The van der Waals surface area contributed by atoms with Crippen molar-refractivity contribution in [3.8, 4) is 12.3 Å². The second kappa shape index (κ2) is 7.03. The van der Waals surface area contributed by atoms with Crippen molar-refractivity contribution in [1.29, 1.82) is 0 Å². The lowest BCUT2D eigenvalue weighted by molar-refractivity contribution is 0.563. The number of terminal acetylenes is 1. The van der Waals surface area contributed by atoms with Gasteiger partial charge in [-0.3, -0.25) is 4.98 Å². The molecule has 1 atom stereocenters. The Hall–Kier alpha value is -1.33. The fourth-order valence-corrected chi connectivity index (χ4v) is 1.45. The first-order valence-corrected chi connectivity index (χ1v) is 5.46. The van der Waals surface area contributed by atoms with Crippen LogP contribution in [0.4, 0.5) is 0 Å². The van der Waals surface area contributed by atoms with E-state index in [1.54, 1.807) is 0 Å². The highest BCUT2D eigenvalue weighted by molar-refractivity contribution is 5.04. The molecule has 0 spiro atoms. The predicted octanol–water partition coefficient (Wildman–Crippen LogP) is 2.02. The summed E-state index contributed by atoms with van der Waals surface area (Å²) in [6, 6.07) is 6.18. The first-order valence-electron chi connectivity index (χ1n) is 5.46. The van der Waals surface area contributed by atoms with E-state index in [2.05, 4.69) is 23.1 Å². The Bertz CT molecular complexity index is 300. The van der Waals surface area contributed by atoms with Crippen LogP contribution in [-0.4, -0.2) is 17.6 Å². The number of nitrogens with one attached hydrogen (secondary N) is 1. The van der Waals surface area contributed by atoms with Crippen molar-refractivity contribution in [3.63, 3.8) is 0 Å². The maximum Gasteiger partial charge on any atom is 0.0686 e. The van der Waals surface area contributed by atoms with Crippen LogP contribution in [0.1, 0.15) is 25.5 Å². The molecule has 1 N–H and O–H groups in total. The zero-order chi connectivity index (χ0) is 10.9. The van der Waals surface area contributed by atoms with Gasteiger partial charge in [0.2, 0.25) is 0 Å². The molecule has 1 aromatic heterocycles. The summed E-state index contributed by atoms with van der Waals surface area (Å²) >= 11 is 0. The molecular weight excluding hydrogens is 184 g/mol. The molecule has 0 radical (unpaired) electrons. The molecule has 0 amide bonds. The smallest absolute Gasteiger partial charge is 0.0686 e. The Kier molecular flexibility index (Phi) is 5.50. The molecule has 1 unspecified atom stereocenters. The van der Waals surface area contributed by atoms with Gasteiger partial charge >= 0.3 is 0 Å². The van der Waals surface area contributed by atoms with Gasteiger partial charge in [0.1, 0.15) is 0 Å². The molecule has 0 aliphatic rings. The minimum atomic E-state index is 0.207. The number of rotatable bonds is 6. The summed E-state index contributed by atoms with van der Waals surface area (Å²) in [6.07, 6.45) is 10.3. The molecule has 15 heavy (non-hydrogen) atoms. The normalized spacial score (nSPS) is 12.0. The number of hydrogen-bond donors (Lipinski definition) is 1. The van der Waals surface area contributed by atoms with E-state index in [0.717, 1.165) is 31.5 Å². The molecular formula is C13H18N2. The van der Waals surface area contributed by atoms with Gasteiger partial charge in [0.25, 0.3) is 0 Å². The molecule has 2 heteroatoms. The standard InChI is InChI=1S/C13H18N2/c1-3-7-12(4-2)15-11-9-13-8-5-6-10-14-13/h2,5-6,8,10,12,15H,3,7,9,11H2,1H3. The summed E-state index contributed by atoms with van der Waals surface area (Å²) in [7, 11) is 0. The largest absolute Gasteiger partial charge is 0.303 e. The monoisotopic (exact) mass is 202 g/mol. The topological polar surface area (TPSA) is 24.9 Å². The van der Waals surface area contributed by atoms with Gasteiger partial charge in [0, 0.05) is 24.9 Å². The van der Waals surface area contributed by atoms with E-state index in [4.69, 9.17) is 6.42 Å². The summed E-state index contributed by atoms with van der Waals surface area (Å²) in [5, 5.41) is 3.34. The Morgan fingerprint density at radius 1 is 1.53 bits per heavy atom. The molecule has 0 saturated heterocycles. The summed E-state index contributed by atoms with van der Waals surface area (Å²) in [5.74, 6) is 2.76. The van der Waals surface area contributed by atoms with Crippen molar-refractivity contribution < 1.29 is 0 Å². The van der Waals surface area contributed by atoms with Crippen LogP contribution < -0.4 is 5.32 Å². The first kappa shape index (κ1) is 11.7. The maximum absolute atomic E-state index is 5.41. The van der Waals surface area contributed by atoms with Gasteiger partial charge in [0.15, 0.2) is 0 Å². The number of hydrogen-bond acceptors (Lipinski definition) is 2. The van der Waals surface area contributed by atoms with Gasteiger partial charge in [0.05, 0.1) is 6.04 Å². The molecule has 0 bridgehead atoms. The summed E-state index contributed by atoms with van der Waals surface area (Å²) in [4.78, 5) is 4.26. The van der Waals surface area contributed by atoms with Crippen molar-refractivity contribution in [2.75, 3.05) is 6.54 Å². The summed E-state index contributed by atoms with van der Waals surface area (Å²) in [6.45, 7) is 3.04. The highest BCUT2D eigenvalue weighted by Gasteiger charge is 2.01. The minimum absolute atomic E-state index is 0.207. The van der Waals surface area contributed by atoms with E-state index < -0.39 is 0 Å². The molecule has 1 aromatic rings. The Balaban J connectivity index is 2.24. The lowest BCUT2D eigenvalue weighted by Gasteiger charge is -2.11. The molecule has 1 rings (SSSR count). The fraction of sp³-hybridized carbons (Fsp3) is 0.462. The third-order valence-electron chi connectivity index (χ3n) is 2.28. The van der Waals surface area contributed by atoms with Crippen LogP contribution in [-0.2, 0) is 6.42 Å². The highest BCUT2D eigenvalue weighted by Crippen LogP contribution is 1.97. The lowest BCUT2D eigenvalue weighted by Crippen LogP contribution is -2.29. The third kappa shape index (κ3) is 4.62. The fourth-order valence-electron chi connectivity index (χ4n) is 1.45. The van der Waals surface area contributed by atoms with Crippen LogP contribution in [0.15, 0.2) is 24.4 Å². The average Bonchev–Trinajstić information content (AvgIpc) is 2.29. The van der Waals surface area contributed by atoms with Gasteiger partial charge in [-0.2, -0.15) is 0 Å². The average molecular weight is 202 g/mol. The molecule has 0 fully saturated rings. The van der Waals surface area contributed by atoms with E-state index in [1.165, 1.54) is 0 Å². The van der Waals surface area contributed by atoms with E-state index in [9.17, 15) is 0 Å². The second-order valence-electron chi connectivity index (χ2n) is 3.53. The molecule has 0 aromatic carbocycles. The van der Waals surface area contributed by atoms with Gasteiger partial charge in [-0.25, -0.2) is 0 Å². The van der Waals surface area contributed by atoms with E-state index in [-0.39, 0.29) is 6.04 Å². The number of aromatic nitrogens is 1. The Labute approximate surface area is 92.1 Å². The SMILES string of the molecule is C#CC(CCC)NCCc1ccccn1. The van der Waals surface area contributed by atoms with Crippen molar-refractivity contribution in [3.05, 3.63) is 30.1 Å². The van der Waals surface area contributed by atoms with Crippen LogP contribution in [0.25, 0.3) is 0 Å². The Morgan fingerprint density at radius 2 is 2.40 bits per heavy atom. The zero-order valence-electron chi connectivity index (χ0n) is 9.24. The van der Waals surface area contributed by atoms with E-state index in [1.807, 2.05) is 24.4 Å². The summed E-state index contributed by atoms with van der Waals surface area (Å²) in [5.41, 5.74) is 1.11. The van der Waals surface area contributed by atoms with Gasteiger partial charge < -0.3 is 5.32 Å². The van der Waals surface area contributed by atoms with Gasteiger partial charge in [-0.15, -0.1) is 6.42 Å². The van der Waals surface area contributed by atoms with Crippen molar-refractivity contribution in [2.45, 2.75) is 32.2 Å². The third-order valence-corrected chi connectivity index (χ3v) is 2.28. The van der Waals surface area contributed by atoms with Crippen LogP contribution >= 0.6 is 0 Å². The Morgan fingerprint density at radius 3 is 3.00 bits per heavy atom. The number of nitrogens with zero attached hydrogens (tertiary/aromatic N) is 1. The van der Waals surface area contributed by atoms with Crippen LogP contribution in [0.5, 0.6) is 0 Å². The summed E-state index contributed by atoms with van der Waals surface area (Å²) < 4.78 is 0. The van der Waals surface area contributed by atoms with Crippen LogP contribution in [0.3, 0.4) is 0 Å². The van der Waals surface area contributed by atoms with E-state index in [0.29, 0.717) is 0 Å².